The van der Waals surface area contributed by atoms with Crippen LogP contribution in [0.3, 0.4) is 0 Å². The molecule has 1 fully saturated rings. The molecule has 0 aromatic heterocycles. The number of hydrogen-bond donors (Lipinski definition) is 0. The van der Waals surface area contributed by atoms with Gasteiger partial charge in [-0.05, 0) is 42.9 Å². The molecule has 0 bridgehead atoms. The molecule has 2 aromatic rings. The Kier molecular flexibility index (Phi) is 5.69. The summed E-state index contributed by atoms with van der Waals surface area (Å²) in [5.41, 5.74) is -0.0679. The van der Waals surface area contributed by atoms with E-state index in [0.717, 1.165) is 17.7 Å². The number of likely N-dealkylation sites (N-methyl/N-ethyl adjacent to an activating group) is 1. The Morgan fingerprint density at radius 1 is 1.07 bits per heavy atom. The molecular formula is C19H21F3N2O3S. The van der Waals surface area contributed by atoms with Crippen LogP contribution in [0.1, 0.15) is 17.2 Å². The van der Waals surface area contributed by atoms with Crippen LogP contribution in [0.25, 0.3) is 0 Å². The van der Waals surface area contributed by atoms with E-state index in [1.165, 1.54) is 10.4 Å². The first-order valence-electron chi connectivity index (χ1n) is 8.64. The molecule has 28 heavy (non-hydrogen) atoms. The van der Waals surface area contributed by atoms with Crippen LogP contribution < -0.4 is 4.74 Å². The molecule has 0 spiro atoms. The summed E-state index contributed by atoms with van der Waals surface area (Å²) in [7, 11) is -0.587. The van der Waals surface area contributed by atoms with Crippen molar-refractivity contribution in [3.63, 3.8) is 0 Å². The molecule has 1 heterocycles. The summed E-state index contributed by atoms with van der Waals surface area (Å²) >= 11 is 0. The zero-order chi connectivity index (χ0) is 20.5. The summed E-state index contributed by atoms with van der Waals surface area (Å²) < 4.78 is 71.2. The van der Waals surface area contributed by atoms with Gasteiger partial charge in [-0.25, -0.2) is 8.42 Å². The molecule has 1 atom stereocenters. The van der Waals surface area contributed by atoms with Crippen LogP contribution in [0.15, 0.2) is 53.4 Å². The van der Waals surface area contributed by atoms with E-state index in [2.05, 4.69) is 0 Å². The van der Waals surface area contributed by atoms with Crippen LogP contribution in [0.2, 0.25) is 0 Å². The number of rotatable bonds is 4. The number of sulfonamides is 1. The van der Waals surface area contributed by atoms with Gasteiger partial charge in [0.05, 0.1) is 17.6 Å². The van der Waals surface area contributed by atoms with Gasteiger partial charge in [0.1, 0.15) is 5.75 Å². The van der Waals surface area contributed by atoms with Gasteiger partial charge in [-0.3, -0.25) is 4.90 Å². The van der Waals surface area contributed by atoms with Gasteiger partial charge in [-0.2, -0.15) is 17.5 Å². The third kappa shape index (κ3) is 4.16. The van der Waals surface area contributed by atoms with Crippen molar-refractivity contribution in [1.82, 2.24) is 9.21 Å². The average Bonchev–Trinajstić information content (AvgIpc) is 2.68. The van der Waals surface area contributed by atoms with Crippen LogP contribution in [0.4, 0.5) is 13.2 Å². The largest absolute Gasteiger partial charge is 0.497 e. The highest BCUT2D eigenvalue weighted by atomic mass is 32.2. The molecule has 1 aliphatic rings. The number of alkyl halides is 3. The van der Waals surface area contributed by atoms with Crippen molar-refractivity contribution in [3.05, 3.63) is 59.7 Å². The quantitative estimate of drug-likeness (QED) is 0.770. The predicted molar refractivity (Wildman–Crippen MR) is 98.6 cm³/mol. The third-order valence-electron chi connectivity index (χ3n) is 4.91. The second-order valence-electron chi connectivity index (χ2n) is 6.66. The molecule has 0 N–H and O–H groups in total. The van der Waals surface area contributed by atoms with E-state index < -0.39 is 21.8 Å². The second kappa shape index (κ2) is 7.73. The number of ether oxygens (including phenoxy) is 1. The van der Waals surface area contributed by atoms with E-state index >= 15 is 0 Å². The molecule has 5 nitrogen and oxygen atoms in total. The highest BCUT2D eigenvalue weighted by Gasteiger charge is 2.36. The van der Waals surface area contributed by atoms with Gasteiger partial charge in [-0.15, -0.1) is 0 Å². The van der Waals surface area contributed by atoms with Crippen molar-refractivity contribution < 1.29 is 26.3 Å². The van der Waals surface area contributed by atoms with Gasteiger partial charge >= 0.3 is 6.18 Å². The third-order valence-corrected chi connectivity index (χ3v) is 6.77. The van der Waals surface area contributed by atoms with Gasteiger partial charge in [0.15, 0.2) is 0 Å². The van der Waals surface area contributed by atoms with Gasteiger partial charge < -0.3 is 4.74 Å². The highest BCUT2D eigenvalue weighted by Crippen LogP contribution is 2.33. The standard InChI is InChI=1S/C19H21F3N2O3S/c1-23-10-11-24(13-18(23)14-6-8-16(27-2)9-7-14)28(25,26)17-5-3-4-15(12-17)19(20,21)22/h3-9,12,18H,10-11,13H2,1-2H3/t18-/m0/s1. The molecule has 152 valence electrons. The van der Waals surface area contributed by atoms with Crippen LogP contribution in [0.5, 0.6) is 5.75 Å². The summed E-state index contributed by atoms with van der Waals surface area (Å²) in [6, 6.07) is 11.0. The Balaban J connectivity index is 1.88. The van der Waals surface area contributed by atoms with Gasteiger partial charge in [0.2, 0.25) is 10.0 Å². The van der Waals surface area contributed by atoms with E-state index in [0.29, 0.717) is 18.4 Å². The lowest BCUT2D eigenvalue weighted by atomic mass is 10.0. The number of hydrogen-bond acceptors (Lipinski definition) is 4. The van der Waals surface area contributed by atoms with Crippen molar-refractivity contribution in [3.8, 4) is 5.75 Å². The lowest BCUT2D eigenvalue weighted by molar-refractivity contribution is -0.137. The summed E-state index contributed by atoms with van der Waals surface area (Å²) in [5.74, 6) is 0.690. The molecule has 2 aromatic carbocycles. The second-order valence-corrected chi connectivity index (χ2v) is 8.60. The van der Waals surface area contributed by atoms with E-state index in [1.807, 2.05) is 24.1 Å². The normalized spacial score (nSPS) is 19.5. The summed E-state index contributed by atoms with van der Waals surface area (Å²) in [5, 5.41) is 0. The highest BCUT2D eigenvalue weighted by molar-refractivity contribution is 7.89. The first kappa shape index (κ1) is 20.6. The summed E-state index contributed by atoms with van der Waals surface area (Å²) in [6.07, 6.45) is -4.60. The van der Waals surface area contributed by atoms with E-state index in [4.69, 9.17) is 4.74 Å². The fourth-order valence-electron chi connectivity index (χ4n) is 3.23. The Morgan fingerprint density at radius 2 is 1.75 bits per heavy atom. The first-order valence-corrected chi connectivity index (χ1v) is 10.1. The fourth-order valence-corrected chi connectivity index (χ4v) is 4.72. The van der Waals surface area contributed by atoms with Gasteiger partial charge in [0.25, 0.3) is 0 Å². The van der Waals surface area contributed by atoms with Crippen molar-refractivity contribution in [1.29, 1.82) is 0 Å². The van der Waals surface area contributed by atoms with E-state index in [-0.39, 0.29) is 24.0 Å². The minimum Gasteiger partial charge on any atom is -0.497 e. The molecule has 0 aliphatic carbocycles. The Labute approximate surface area is 162 Å². The minimum atomic E-state index is -4.60. The molecule has 9 heteroatoms. The molecule has 1 saturated heterocycles. The average molecular weight is 414 g/mol. The maximum Gasteiger partial charge on any atom is 0.416 e. The fraction of sp³-hybridized carbons (Fsp3) is 0.368. The molecular weight excluding hydrogens is 393 g/mol. The lowest BCUT2D eigenvalue weighted by Crippen LogP contribution is -2.48. The zero-order valence-corrected chi connectivity index (χ0v) is 16.3. The molecule has 0 saturated carbocycles. The topological polar surface area (TPSA) is 49.9 Å². The van der Waals surface area contributed by atoms with Crippen molar-refractivity contribution in [2.24, 2.45) is 0 Å². The van der Waals surface area contributed by atoms with Crippen LogP contribution in [0, 0.1) is 0 Å². The maximum atomic E-state index is 13.0. The van der Waals surface area contributed by atoms with Crippen molar-refractivity contribution >= 4 is 10.0 Å². The Hall–Kier alpha value is -2.10. The van der Waals surface area contributed by atoms with Gasteiger partial charge in [0, 0.05) is 25.7 Å². The Bertz CT molecular complexity index is 930. The zero-order valence-electron chi connectivity index (χ0n) is 15.5. The first-order chi connectivity index (χ1) is 13.1. The molecule has 0 radical (unpaired) electrons. The monoisotopic (exact) mass is 414 g/mol. The SMILES string of the molecule is COc1ccc([C@@H]2CN(S(=O)(=O)c3cccc(C(F)(F)F)c3)CCN2C)cc1. The van der Waals surface area contributed by atoms with Crippen LogP contribution in [-0.2, 0) is 16.2 Å². The number of halogens is 3. The van der Waals surface area contributed by atoms with Crippen LogP contribution in [-0.4, -0.2) is 51.4 Å². The van der Waals surface area contributed by atoms with Gasteiger partial charge in [-0.1, -0.05) is 18.2 Å². The number of benzene rings is 2. The maximum absolute atomic E-state index is 13.0. The molecule has 0 unspecified atom stereocenters. The minimum absolute atomic E-state index is 0.154. The van der Waals surface area contributed by atoms with Crippen LogP contribution >= 0.6 is 0 Å². The Morgan fingerprint density at radius 3 is 2.36 bits per heavy atom. The van der Waals surface area contributed by atoms with Crippen molar-refractivity contribution in [2.75, 3.05) is 33.8 Å². The summed E-state index contributed by atoms with van der Waals surface area (Å²) in [6.45, 7) is 0.831. The number of nitrogens with zero attached hydrogens (tertiary/aromatic N) is 2. The smallest absolute Gasteiger partial charge is 0.416 e. The molecule has 0 amide bonds. The van der Waals surface area contributed by atoms with E-state index in [1.54, 1.807) is 19.2 Å². The van der Waals surface area contributed by atoms with Crippen molar-refractivity contribution in [2.45, 2.75) is 17.1 Å². The van der Waals surface area contributed by atoms with E-state index in [9.17, 15) is 21.6 Å². The predicted octanol–water partition coefficient (Wildman–Crippen LogP) is 3.39. The number of piperazine rings is 1. The molecule has 3 rings (SSSR count). The molecule has 1 aliphatic heterocycles. The lowest BCUT2D eigenvalue weighted by Gasteiger charge is -2.39. The number of methoxy groups -OCH3 is 1. The summed E-state index contributed by atoms with van der Waals surface area (Å²) in [4.78, 5) is 1.68.